The molecule has 2 unspecified atom stereocenters. The van der Waals surface area contributed by atoms with E-state index in [2.05, 4.69) is 28.6 Å². The Kier molecular flexibility index (Phi) is 4.18. The lowest BCUT2D eigenvalue weighted by molar-refractivity contribution is -0.173. The number of fused-ring (bicyclic) bond motifs is 1. The van der Waals surface area contributed by atoms with Crippen LogP contribution < -0.4 is 0 Å². The SMILES string of the molecule is CC1Cc2nc(CCOCC(F)(F)F)[nH]c2CC1C. The smallest absolute Gasteiger partial charge is 0.372 e. The number of halogens is 3. The van der Waals surface area contributed by atoms with Gasteiger partial charge in [-0.25, -0.2) is 4.98 Å². The van der Waals surface area contributed by atoms with E-state index in [0.717, 1.165) is 30.1 Å². The van der Waals surface area contributed by atoms with Gasteiger partial charge in [0.1, 0.15) is 12.4 Å². The van der Waals surface area contributed by atoms with Gasteiger partial charge in [0, 0.05) is 12.1 Å². The summed E-state index contributed by atoms with van der Waals surface area (Å²) in [6, 6.07) is 0. The number of hydrogen-bond donors (Lipinski definition) is 1. The quantitative estimate of drug-likeness (QED) is 0.859. The van der Waals surface area contributed by atoms with Crippen molar-refractivity contribution < 1.29 is 17.9 Å². The van der Waals surface area contributed by atoms with E-state index in [-0.39, 0.29) is 6.61 Å². The highest BCUT2D eigenvalue weighted by molar-refractivity contribution is 5.19. The van der Waals surface area contributed by atoms with Gasteiger partial charge < -0.3 is 9.72 Å². The average molecular weight is 276 g/mol. The van der Waals surface area contributed by atoms with Crippen molar-refractivity contribution in [3.8, 4) is 0 Å². The van der Waals surface area contributed by atoms with Gasteiger partial charge in [-0.15, -0.1) is 0 Å². The fourth-order valence-electron chi connectivity index (χ4n) is 2.35. The van der Waals surface area contributed by atoms with Gasteiger partial charge in [0.2, 0.25) is 0 Å². The van der Waals surface area contributed by atoms with Crippen LogP contribution in [0, 0.1) is 11.8 Å². The van der Waals surface area contributed by atoms with E-state index in [1.807, 2.05) is 0 Å². The first-order valence-electron chi connectivity index (χ1n) is 6.56. The predicted molar refractivity (Wildman–Crippen MR) is 64.9 cm³/mol. The van der Waals surface area contributed by atoms with Crippen molar-refractivity contribution >= 4 is 0 Å². The lowest BCUT2D eigenvalue weighted by Gasteiger charge is -2.24. The van der Waals surface area contributed by atoms with E-state index in [4.69, 9.17) is 0 Å². The molecular formula is C13H19F3N2O. The molecule has 6 heteroatoms. The van der Waals surface area contributed by atoms with Crippen LogP contribution in [0.5, 0.6) is 0 Å². The van der Waals surface area contributed by atoms with Gasteiger partial charge in [0.25, 0.3) is 0 Å². The van der Waals surface area contributed by atoms with Crippen LogP contribution in [-0.2, 0) is 24.0 Å². The Hall–Kier alpha value is -1.04. The van der Waals surface area contributed by atoms with E-state index >= 15 is 0 Å². The normalized spacial score (nSPS) is 23.4. The first-order valence-corrected chi connectivity index (χ1v) is 6.56. The fourth-order valence-corrected chi connectivity index (χ4v) is 2.35. The van der Waals surface area contributed by atoms with E-state index in [9.17, 15) is 13.2 Å². The monoisotopic (exact) mass is 276 g/mol. The molecule has 0 saturated heterocycles. The Morgan fingerprint density at radius 2 is 1.95 bits per heavy atom. The zero-order valence-corrected chi connectivity index (χ0v) is 11.2. The summed E-state index contributed by atoms with van der Waals surface area (Å²) in [7, 11) is 0. The van der Waals surface area contributed by atoms with Crippen molar-refractivity contribution in [2.45, 2.75) is 39.3 Å². The fraction of sp³-hybridized carbons (Fsp3) is 0.769. The molecule has 1 aromatic rings. The third kappa shape index (κ3) is 3.96. The maximum absolute atomic E-state index is 11.9. The van der Waals surface area contributed by atoms with Gasteiger partial charge in [-0.3, -0.25) is 0 Å². The molecule has 2 atom stereocenters. The maximum Gasteiger partial charge on any atom is 0.411 e. The largest absolute Gasteiger partial charge is 0.411 e. The summed E-state index contributed by atoms with van der Waals surface area (Å²) in [5.74, 6) is 1.95. The Morgan fingerprint density at radius 3 is 2.63 bits per heavy atom. The molecule has 19 heavy (non-hydrogen) atoms. The number of aromatic amines is 1. The molecule has 3 nitrogen and oxygen atoms in total. The molecule has 1 heterocycles. The second-order valence-corrected chi connectivity index (χ2v) is 5.39. The minimum absolute atomic E-state index is 0.0387. The molecule has 1 N–H and O–H groups in total. The second kappa shape index (κ2) is 5.53. The Morgan fingerprint density at radius 1 is 1.26 bits per heavy atom. The summed E-state index contributed by atoms with van der Waals surface area (Å²) in [5, 5.41) is 0. The summed E-state index contributed by atoms with van der Waals surface area (Å²) in [6.07, 6.45) is -1.96. The number of hydrogen-bond acceptors (Lipinski definition) is 2. The highest BCUT2D eigenvalue weighted by Gasteiger charge is 2.27. The molecule has 1 aromatic heterocycles. The molecule has 0 radical (unpaired) electrons. The molecule has 0 aliphatic heterocycles. The number of alkyl halides is 3. The number of aromatic nitrogens is 2. The second-order valence-electron chi connectivity index (χ2n) is 5.39. The number of H-pyrrole nitrogens is 1. The molecule has 108 valence electrons. The summed E-state index contributed by atoms with van der Waals surface area (Å²) in [5.41, 5.74) is 2.20. The van der Waals surface area contributed by atoms with Crippen LogP contribution in [0.3, 0.4) is 0 Å². The molecule has 0 fully saturated rings. The Bertz CT molecular complexity index is 401. The van der Waals surface area contributed by atoms with Gasteiger partial charge in [0.15, 0.2) is 0 Å². The van der Waals surface area contributed by atoms with Crippen LogP contribution in [0.1, 0.15) is 31.1 Å². The van der Waals surface area contributed by atoms with Crippen molar-refractivity contribution in [1.82, 2.24) is 9.97 Å². The van der Waals surface area contributed by atoms with Gasteiger partial charge in [-0.05, 0) is 24.7 Å². The minimum atomic E-state index is -4.26. The first kappa shape index (κ1) is 14.4. The van der Waals surface area contributed by atoms with Gasteiger partial charge in [0.05, 0.1) is 12.3 Å². The average Bonchev–Trinajstić information content (AvgIpc) is 2.66. The highest BCUT2D eigenvalue weighted by atomic mass is 19.4. The molecule has 0 spiro atoms. The topological polar surface area (TPSA) is 37.9 Å². The Balaban J connectivity index is 1.85. The predicted octanol–water partition coefficient (Wildman–Crippen LogP) is 2.90. The third-order valence-electron chi connectivity index (χ3n) is 3.68. The van der Waals surface area contributed by atoms with Crippen LogP contribution in [0.4, 0.5) is 13.2 Å². The van der Waals surface area contributed by atoms with Crippen molar-refractivity contribution in [3.63, 3.8) is 0 Å². The number of nitrogens with one attached hydrogen (secondary N) is 1. The summed E-state index contributed by atoms with van der Waals surface area (Å²) < 4.78 is 40.3. The van der Waals surface area contributed by atoms with Crippen molar-refractivity contribution in [3.05, 3.63) is 17.2 Å². The third-order valence-corrected chi connectivity index (χ3v) is 3.68. The number of nitrogens with zero attached hydrogens (tertiary/aromatic N) is 1. The zero-order valence-electron chi connectivity index (χ0n) is 11.2. The van der Waals surface area contributed by atoms with Crippen molar-refractivity contribution in [2.75, 3.05) is 13.2 Å². The molecule has 0 amide bonds. The minimum Gasteiger partial charge on any atom is -0.372 e. The Labute approximate surface area is 110 Å². The standard InChI is InChI=1S/C13H19F3N2O/c1-8-5-10-11(6-9(8)2)18-12(17-10)3-4-19-7-13(14,15)16/h8-9H,3-7H2,1-2H3,(H,17,18). The lowest BCUT2D eigenvalue weighted by Crippen LogP contribution is -2.20. The van der Waals surface area contributed by atoms with Crippen LogP contribution in [-0.4, -0.2) is 29.4 Å². The van der Waals surface area contributed by atoms with E-state index in [0.29, 0.717) is 18.3 Å². The van der Waals surface area contributed by atoms with Crippen LogP contribution in [0.15, 0.2) is 0 Å². The summed E-state index contributed by atoms with van der Waals surface area (Å²) in [4.78, 5) is 7.66. The lowest BCUT2D eigenvalue weighted by atomic mass is 9.82. The van der Waals surface area contributed by atoms with Crippen LogP contribution in [0.25, 0.3) is 0 Å². The van der Waals surface area contributed by atoms with Crippen molar-refractivity contribution in [2.24, 2.45) is 11.8 Å². The summed E-state index contributed by atoms with van der Waals surface area (Å²) in [6.45, 7) is 3.26. The molecule has 0 saturated carbocycles. The van der Waals surface area contributed by atoms with Crippen LogP contribution >= 0.6 is 0 Å². The van der Waals surface area contributed by atoms with Gasteiger partial charge >= 0.3 is 6.18 Å². The van der Waals surface area contributed by atoms with Crippen LogP contribution in [0.2, 0.25) is 0 Å². The maximum atomic E-state index is 11.9. The summed E-state index contributed by atoms with van der Waals surface area (Å²) >= 11 is 0. The first-order chi connectivity index (χ1) is 8.85. The molecule has 1 aliphatic rings. The number of rotatable bonds is 4. The number of ether oxygens (including phenoxy) is 1. The number of imidazole rings is 1. The molecule has 0 aromatic carbocycles. The van der Waals surface area contributed by atoms with Crippen molar-refractivity contribution in [1.29, 1.82) is 0 Å². The van der Waals surface area contributed by atoms with Gasteiger partial charge in [-0.1, -0.05) is 13.8 Å². The van der Waals surface area contributed by atoms with E-state index < -0.39 is 12.8 Å². The van der Waals surface area contributed by atoms with E-state index in [1.165, 1.54) is 0 Å². The molecule has 0 bridgehead atoms. The molecule has 2 rings (SSSR count). The van der Waals surface area contributed by atoms with Gasteiger partial charge in [-0.2, -0.15) is 13.2 Å². The van der Waals surface area contributed by atoms with E-state index in [1.54, 1.807) is 0 Å². The molecular weight excluding hydrogens is 257 g/mol. The highest BCUT2D eigenvalue weighted by Crippen LogP contribution is 2.28. The zero-order chi connectivity index (χ0) is 14.0. The molecule has 1 aliphatic carbocycles.